The van der Waals surface area contributed by atoms with Crippen molar-refractivity contribution in [3.63, 3.8) is 0 Å². The molecule has 0 N–H and O–H groups in total. The summed E-state index contributed by atoms with van der Waals surface area (Å²) in [6, 6.07) is 39.3. The SMILES string of the molecule is CCOP(=O)(OCC)O/N=C1\O[C@H](COCc2ccccc2)[C@@H](OCc2ccccc2)[C@H](OCc2ccccc2)[C@H]1OCc1ccccc1. The molecule has 49 heavy (non-hydrogen) atoms. The molecule has 0 saturated carbocycles. The number of rotatable bonds is 19. The Hall–Kier alpha value is -3.86. The van der Waals surface area contributed by atoms with E-state index in [0.717, 1.165) is 22.3 Å². The smallest absolute Gasteiger partial charge is 0.468 e. The highest BCUT2D eigenvalue weighted by atomic mass is 31.2. The number of ether oxygens (including phenoxy) is 5. The summed E-state index contributed by atoms with van der Waals surface area (Å²) in [5.74, 6) is 0.00139. The summed E-state index contributed by atoms with van der Waals surface area (Å²) < 4.78 is 62.0. The van der Waals surface area contributed by atoms with Gasteiger partial charge in [0.05, 0.1) is 46.2 Å². The monoisotopic (exact) mass is 689 g/mol. The first-order valence-electron chi connectivity index (χ1n) is 16.5. The van der Waals surface area contributed by atoms with Gasteiger partial charge in [0.1, 0.15) is 12.2 Å². The molecule has 0 amide bonds. The second-order valence-corrected chi connectivity index (χ2v) is 12.8. The predicted molar refractivity (Wildman–Crippen MR) is 185 cm³/mol. The van der Waals surface area contributed by atoms with Gasteiger partial charge in [-0.25, -0.2) is 4.57 Å². The van der Waals surface area contributed by atoms with Crippen LogP contribution in [0.5, 0.6) is 0 Å². The zero-order valence-corrected chi connectivity index (χ0v) is 28.8. The normalized spacial score (nSPS) is 20.2. The zero-order valence-electron chi connectivity index (χ0n) is 27.9. The molecule has 5 rings (SSSR count). The minimum absolute atomic E-state index is 0.00139. The van der Waals surface area contributed by atoms with Gasteiger partial charge in [-0.15, -0.1) is 0 Å². The highest BCUT2D eigenvalue weighted by Gasteiger charge is 2.48. The minimum Gasteiger partial charge on any atom is -0.468 e. The lowest BCUT2D eigenvalue weighted by molar-refractivity contribution is -0.197. The zero-order chi connectivity index (χ0) is 34.2. The molecule has 1 aliphatic rings. The second-order valence-electron chi connectivity index (χ2n) is 11.2. The van der Waals surface area contributed by atoms with Gasteiger partial charge in [0.25, 0.3) is 5.90 Å². The van der Waals surface area contributed by atoms with E-state index in [2.05, 4.69) is 5.16 Å². The fourth-order valence-electron chi connectivity index (χ4n) is 5.22. The Morgan fingerprint density at radius 2 is 1.02 bits per heavy atom. The number of phosphoric acid groups is 1. The molecule has 0 unspecified atom stereocenters. The van der Waals surface area contributed by atoms with Crippen LogP contribution in [0, 0.1) is 0 Å². The maximum Gasteiger partial charge on any atom is 0.550 e. The van der Waals surface area contributed by atoms with Crippen LogP contribution in [0.25, 0.3) is 0 Å². The van der Waals surface area contributed by atoms with Crippen molar-refractivity contribution in [2.75, 3.05) is 19.8 Å². The highest BCUT2D eigenvalue weighted by Crippen LogP contribution is 2.49. The molecule has 0 bridgehead atoms. The van der Waals surface area contributed by atoms with E-state index < -0.39 is 32.2 Å². The summed E-state index contributed by atoms with van der Waals surface area (Å²) in [5.41, 5.74) is 3.87. The molecule has 1 fully saturated rings. The summed E-state index contributed by atoms with van der Waals surface area (Å²) in [7, 11) is -4.05. The first-order chi connectivity index (χ1) is 24.1. The Bertz CT molecular complexity index is 1570. The topological polar surface area (TPSA) is 103 Å². The van der Waals surface area contributed by atoms with E-state index in [-0.39, 0.29) is 45.5 Å². The third-order valence-corrected chi connectivity index (χ3v) is 8.98. The Labute approximate surface area is 288 Å². The highest BCUT2D eigenvalue weighted by molar-refractivity contribution is 7.48. The van der Waals surface area contributed by atoms with Gasteiger partial charge < -0.3 is 23.7 Å². The van der Waals surface area contributed by atoms with Gasteiger partial charge >= 0.3 is 7.82 Å². The van der Waals surface area contributed by atoms with Crippen molar-refractivity contribution >= 4 is 13.7 Å². The number of hydrogen-bond donors (Lipinski definition) is 0. The van der Waals surface area contributed by atoms with E-state index in [4.69, 9.17) is 37.4 Å². The molecule has 11 heteroatoms. The molecule has 0 aliphatic carbocycles. The Balaban J connectivity index is 1.50. The molecular formula is C38H44NO9P. The van der Waals surface area contributed by atoms with Crippen molar-refractivity contribution in [3.8, 4) is 0 Å². The fraction of sp³-hybridized carbons (Fsp3) is 0.342. The van der Waals surface area contributed by atoms with E-state index in [9.17, 15) is 4.57 Å². The number of oxime groups is 1. The third-order valence-electron chi connectivity index (χ3n) is 7.55. The predicted octanol–water partition coefficient (Wildman–Crippen LogP) is 7.87. The largest absolute Gasteiger partial charge is 0.550 e. The molecular weight excluding hydrogens is 645 g/mol. The molecule has 4 aromatic rings. The van der Waals surface area contributed by atoms with Gasteiger partial charge in [0.2, 0.25) is 0 Å². The molecule has 4 atom stereocenters. The van der Waals surface area contributed by atoms with E-state index in [1.165, 1.54) is 0 Å². The summed E-state index contributed by atoms with van der Waals surface area (Å²) in [5, 5.41) is 4.23. The molecule has 1 heterocycles. The van der Waals surface area contributed by atoms with Gasteiger partial charge in [-0.3, -0.25) is 13.7 Å². The Kier molecular flexibility index (Phi) is 14.4. The summed E-state index contributed by atoms with van der Waals surface area (Å²) in [4.78, 5) is 0. The summed E-state index contributed by atoms with van der Waals surface area (Å²) >= 11 is 0. The van der Waals surface area contributed by atoms with Gasteiger partial charge in [0, 0.05) is 0 Å². The van der Waals surface area contributed by atoms with Crippen molar-refractivity contribution in [3.05, 3.63) is 144 Å². The first-order valence-corrected chi connectivity index (χ1v) is 17.9. The third kappa shape index (κ3) is 11.3. The van der Waals surface area contributed by atoms with E-state index >= 15 is 0 Å². The van der Waals surface area contributed by atoms with Crippen LogP contribution < -0.4 is 0 Å². The number of hydrogen-bond acceptors (Lipinski definition) is 10. The molecule has 0 aromatic heterocycles. The van der Waals surface area contributed by atoms with Crippen molar-refractivity contribution in [2.45, 2.75) is 64.7 Å². The minimum atomic E-state index is -4.05. The molecule has 260 valence electrons. The second kappa shape index (κ2) is 19.4. The summed E-state index contributed by atoms with van der Waals surface area (Å²) in [6.07, 6.45) is -3.09. The van der Waals surface area contributed by atoms with Crippen LogP contribution in [0.15, 0.2) is 126 Å². The van der Waals surface area contributed by atoms with Crippen molar-refractivity contribution in [1.82, 2.24) is 0 Å². The quantitative estimate of drug-likeness (QED) is 0.0719. The van der Waals surface area contributed by atoms with Gasteiger partial charge in [-0.2, -0.15) is 0 Å². The maximum atomic E-state index is 13.3. The van der Waals surface area contributed by atoms with Crippen LogP contribution >= 0.6 is 7.82 Å². The van der Waals surface area contributed by atoms with Crippen molar-refractivity contribution in [2.24, 2.45) is 5.16 Å². The number of benzene rings is 4. The molecule has 4 aromatic carbocycles. The number of phosphoric ester groups is 1. The lowest BCUT2D eigenvalue weighted by Gasteiger charge is -2.42. The van der Waals surface area contributed by atoms with Crippen molar-refractivity contribution in [1.29, 1.82) is 0 Å². The molecule has 0 spiro atoms. The lowest BCUT2D eigenvalue weighted by atomic mass is 9.98. The van der Waals surface area contributed by atoms with Crippen LogP contribution in [-0.2, 0) is 68.3 Å². The van der Waals surface area contributed by atoms with Gasteiger partial charge in [-0.05, 0) is 41.3 Å². The van der Waals surface area contributed by atoms with E-state index in [1.807, 2.05) is 121 Å². The van der Waals surface area contributed by atoms with E-state index in [1.54, 1.807) is 13.8 Å². The molecule has 10 nitrogen and oxygen atoms in total. The fourth-order valence-corrected chi connectivity index (χ4v) is 6.20. The van der Waals surface area contributed by atoms with Crippen LogP contribution in [0.3, 0.4) is 0 Å². The standard InChI is InChI=1S/C38H44NO9P/c1-3-45-49(40,46-4-2)48-39-38-37(44-28-33-23-15-8-16-24-33)36(43-27-32-21-13-7-14-22-32)35(42-26-31-19-11-6-12-20-31)34(47-38)29-41-25-30-17-9-5-10-18-30/h5-24,34-37H,3-4,25-29H2,1-2H3/b39-38-/t34-,35-,36+,37-/m1/s1. The Morgan fingerprint density at radius 1 is 0.592 bits per heavy atom. The maximum absolute atomic E-state index is 13.3. The van der Waals surface area contributed by atoms with Crippen LogP contribution in [0.4, 0.5) is 0 Å². The van der Waals surface area contributed by atoms with Gasteiger partial charge in [-0.1, -0.05) is 121 Å². The summed E-state index contributed by atoms with van der Waals surface area (Å²) in [6.45, 7) is 4.77. The molecule has 0 radical (unpaired) electrons. The average Bonchev–Trinajstić information content (AvgIpc) is 3.14. The van der Waals surface area contributed by atoms with E-state index in [0.29, 0.717) is 6.61 Å². The first kappa shape index (κ1) is 36.4. The van der Waals surface area contributed by atoms with Crippen LogP contribution in [0.1, 0.15) is 36.1 Å². The lowest BCUT2D eigenvalue weighted by Crippen LogP contribution is -2.59. The van der Waals surface area contributed by atoms with Gasteiger partial charge in [0.15, 0.2) is 12.2 Å². The van der Waals surface area contributed by atoms with Crippen LogP contribution in [-0.4, -0.2) is 50.1 Å². The Morgan fingerprint density at radius 3 is 1.49 bits per heavy atom. The van der Waals surface area contributed by atoms with Crippen molar-refractivity contribution < 1.29 is 41.9 Å². The van der Waals surface area contributed by atoms with Crippen LogP contribution in [0.2, 0.25) is 0 Å². The average molecular weight is 690 g/mol. The molecule has 1 saturated heterocycles. The molecule has 1 aliphatic heterocycles. The number of nitrogens with zero attached hydrogens (tertiary/aromatic N) is 1.